The van der Waals surface area contributed by atoms with E-state index >= 15 is 0 Å². The second-order valence-corrected chi connectivity index (χ2v) is 4.04. The van der Waals surface area contributed by atoms with Gasteiger partial charge in [0, 0.05) is 0 Å². The molecule has 0 aliphatic carbocycles. The number of hydrogen-bond donors (Lipinski definition) is 0. The predicted octanol–water partition coefficient (Wildman–Crippen LogP) is 4.14. The van der Waals surface area contributed by atoms with Crippen molar-refractivity contribution in [2.75, 3.05) is 0 Å². The van der Waals surface area contributed by atoms with Crippen LogP contribution >= 0.6 is 0 Å². The van der Waals surface area contributed by atoms with Crippen LogP contribution in [0, 0.1) is 12.8 Å². The fraction of sp³-hybridized carbons (Fsp3) is 0.429. The van der Waals surface area contributed by atoms with Crippen molar-refractivity contribution in [3.8, 4) is 0 Å². The highest BCUT2D eigenvalue weighted by Gasteiger charge is 2.07. The minimum Gasteiger partial charge on any atom is -0.0996 e. The molecule has 76 valence electrons. The van der Waals surface area contributed by atoms with Crippen LogP contribution in [0.1, 0.15) is 31.4 Å². The van der Waals surface area contributed by atoms with Crippen LogP contribution in [-0.4, -0.2) is 0 Å². The maximum absolute atomic E-state index is 4.10. The van der Waals surface area contributed by atoms with E-state index in [4.69, 9.17) is 0 Å². The number of rotatable bonds is 4. The second kappa shape index (κ2) is 4.99. The summed E-state index contributed by atoms with van der Waals surface area (Å²) in [7, 11) is 0. The van der Waals surface area contributed by atoms with Gasteiger partial charge >= 0.3 is 0 Å². The van der Waals surface area contributed by atoms with Crippen molar-refractivity contribution in [1.82, 2.24) is 0 Å². The summed E-state index contributed by atoms with van der Waals surface area (Å²) in [5.74, 6) is 0.598. The summed E-state index contributed by atoms with van der Waals surface area (Å²) in [6.45, 7) is 10.7. The molecule has 0 spiro atoms. The SMILES string of the molecule is C=C(CC)C(C)Cc1ccccc1C. The zero-order valence-corrected chi connectivity index (χ0v) is 9.51. The first-order valence-corrected chi connectivity index (χ1v) is 5.37. The van der Waals surface area contributed by atoms with E-state index < -0.39 is 0 Å². The fourth-order valence-corrected chi connectivity index (χ4v) is 1.66. The molecule has 0 aliphatic rings. The Morgan fingerprint density at radius 1 is 1.36 bits per heavy atom. The van der Waals surface area contributed by atoms with E-state index in [2.05, 4.69) is 51.6 Å². The highest BCUT2D eigenvalue weighted by Crippen LogP contribution is 2.19. The van der Waals surface area contributed by atoms with Gasteiger partial charge in [-0.3, -0.25) is 0 Å². The normalized spacial score (nSPS) is 12.5. The Morgan fingerprint density at radius 2 is 2.00 bits per heavy atom. The summed E-state index contributed by atoms with van der Waals surface area (Å²) < 4.78 is 0. The molecule has 0 bridgehead atoms. The van der Waals surface area contributed by atoms with Crippen LogP contribution in [0.5, 0.6) is 0 Å². The molecule has 0 fully saturated rings. The van der Waals surface area contributed by atoms with Gasteiger partial charge < -0.3 is 0 Å². The van der Waals surface area contributed by atoms with Gasteiger partial charge in [-0.1, -0.05) is 50.3 Å². The molecule has 1 aromatic carbocycles. The summed E-state index contributed by atoms with van der Waals surface area (Å²) in [6.07, 6.45) is 2.21. The number of aryl methyl sites for hydroxylation is 1. The molecule has 0 amide bonds. The second-order valence-electron chi connectivity index (χ2n) is 4.04. The Morgan fingerprint density at radius 3 is 2.57 bits per heavy atom. The minimum atomic E-state index is 0.598. The maximum Gasteiger partial charge on any atom is -0.0194 e. The molecule has 1 aromatic rings. The van der Waals surface area contributed by atoms with Gasteiger partial charge in [-0.15, -0.1) is 0 Å². The van der Waals surface area contributed by atoms with Crippen molar-refractivity contribution < 1.29 is 0 Å². The molecule has 1 unspecified atom stereocenters. The standard InChI is InChI=1S/C14H20/c1-5-11(2)13(4)10-14-9-7-6-8-12(14)3/h6-9,13H,2,5,10H2,1,3-4H3. The molecule has 0 heteroatoms. The summed E-state index contributed by atoms with van der Waals surface area (Å²) in [4.78, 5) is 0. The van der Waals surface area contributed by atoms with E-state index in [-0.39, 0.29) is 0 Å². The molecule has 1 rings (SSSR count). The smallest absolute Gasteiger partial charge is 0.0194 e. The highest BCUT2D eigenvalue weighted by atomic mass is 14.1. The van der Waals surface area contributed by atoms with Gasteiger partial charge in [0.2, 0.25) is 0 Å². The number of benzene rings is 1. The first-order chi connectivity index (χ1) is 6.65. The topological polar surface area (TPSA) is 0 Å². The maximum atomic E-state index is 4.10. The predicted molar refractivity (Wildman–Crippen MR) is 63.5 cm³/mol. The van der Waals surface area contributed by atoms with Gasteiger partial charge in [0.15, 0.2) is 0 Å². The van der Waals surface area contributed by atoms with E-state index in [1.807, 2.05) is 0 Å². The van der Waals surface area contributed by atoms with Gasteiger partial charge in [-0.05, 0) is 36.8 Å². The molecule has 0 radical (unpaired) electrons. The average molecular weight is 188 g/mol. The lowest BCUT2D eigenvalue weighted by molar-refractivity contribution is 0.654. The van der Waals surface area contributed by atoms with Gasteiger partial charge in [0.05, 0.1) is 0 Å². The van der Waals surface area contributed by atoms with Crippen molar-refractivity contribution in [2.45, 2.75) is 33.6 Å². The Hall–Kier alpha value is -1.04. The third-order valence-electron chi connectivity index (χ3n) is 2.94. The molecule has 0 aromatic heterocycles. The van der Waals surface area contributed by atoms with Gasteiger partial charge in [-0.25, -0.2) is 0 Å². The summed E-state index contributed by atoms with van der Waals surface area (Å²) >= 11 is 0. The van der Waals surface area contributed by atoms with Crippen LogP contribution in [0.4, 0.5) is 0 Å². The highest BCUT2D eigenvalue weighted by molar-refractivity contribution is 5.26. The number of allylic oxidation sites excluding steroid dienone is 1. The molecule has 1 atom stereocenters. The minimum absolute atomic E-state index is 0.598. The Bertz CT molecular complexity index is 310. The molecule has 14 heavy (non-hydrogen) atoms. The third-order valence-corrected chi connectivity index (χ3v) is 2.94. The molecular formula is C14H20. The quantitative estimate of drug-likeness (QED) is 0.623. The summed E-state index contributed by atoms with van der Waals surface area (Å²) in [5.41, 5.74) is 4.20. The van der Waals surface area contributed by atoms with Crippen LogP contribution < -0.4 is 0 Å². The van der Waals surface area contributed by atoms with Crippen LogP contribution in [0.3, 0.4) is 0 Å². The lowest BCUT2D eigenvalue weighted by atomic mass is 9.91. The molecular weight excluding hydrogens is 168 g/mol. The molecule has 0 saturated heterocycles. The van der Waals surface area contributed by atoms with E-state index in [0.717, 1.165) is 12.8 Å². The van der Waals surface area contributed by atoms with Crippen molar-refractivity contribution in [2.24, 2.45) is 5.92 Å². The largest absolute Gasteiger partial charge is 0.0996 e. The monoisotopic (exact) mass is 188 g/mol. The van der Waals surface area contributed by atoms with E-state index in [1.165, 1.54) is 16.7 Å². The van der Waals surface area contributed by atoms with E-state index in [0.29, 0.717) is 5.92 Å². The molecule has 0 saturated carbocycles. The van der Waals surface area contributed by atoms with Gasteiger partial charge in [-0.2, -0.15) is 0 Å². The van der Waals surface area contributed by atoms with Crippen molar-refractivity contribution in [1.29, 1.82) is 0 Å². The molecule has 0 nitrogen and oxygen atoms in total. The van der Waals surface area contributed by atoms with Crippen LogP contribution in [0.25, 0.3) is 0 Å². The Balaban J connectivity index is 2.69. The molecule has 0 aliphatic heterocycles. The summed E-state index contributed by atoms with van der Waals surface area (Å²) in [6, 6.07) is 8.60. The number of hydrogen-bond acceptors (Lipinski definition) is 0. The molecule has 0 N–H and O–H groups in total. The van der Waals surface area contributed by atoms with Crippen LogP contribution in [0.15, 0.2) is 36.4 Å². The van der Waals surface area contributed by atoms with Crippen molar-refractivity contribution in [3.63, 3.8) is 0 Å². The van der Waals surface area contributed by atoms with Gasteiger partial charge in [0.1, 0.15) is 0 Å². The Kier molecular flexibility index (Phi) is 3.94. The fourth-order valence-electron chi connectivity index (χ4n) is 1.66. The van der Waals surface area contributed by atoms with Crippen LogP contribution in [0.2, 0.25) is 0 Å². The van der Waals surface area contributed by atoms with Crippen molar-refractivity contribution in [3.05, 3.63) is 47.5 Å². The van der Waals surface area contributed by atoms with E-state index in [9.17, 15) is 0 Å². The zero-order valence-electron chi connectivity index (χ0n) is 9.51. The first-order valence-electron chi connectivity index (χ1n) is 5.37. The lowest BCUT2D eigenvalue weighted by Gasteiger charge is -2.14. The average Bonchev–Trinajstić information content (AvgIpc) is 2.20. The van der Waals surface area contributed by atoms with Gasteiger partial charge in [0.25, 0.3) is 0 Å². The van der Waals surface area contributed by atoms with Crippen molar-refractivity contribution >= 4 is 0 Å². The zero-order chi connectivity index (χ0) is 10.6. The third kappa shape index (κ3) is 2.73. The Labute approximate surface area is 87.7 Å². The van der Waals surface area contributed by atoms with E-state index in [1.54, 1.807) is 0 Å². The lowest BCUT2D eigenvalue weighted by Crippen LogP contribution is -2.03. The molecule has 0 heterocycles. The van der Waals surface area contributed by atoms with Crippen LogP contribution in [-0.2, 0) is 6.42 Å². The first kappa shape index (κ1) is 11.0. The summed E-state index contributed by atoms with van der Waals surface area (Å²) in [5, 5.41) is 0.